The molecule has 2 heterocycles. The van der Waals surface area contributed by atoms with Crippen LogP contribution in [0.3, 0.4) is 0 Å². The molecule has 5 nitrogen and oxygen atoms in total. The van der Waals surface area contributed by atoms with Crippen LogP contribution < -0.4 is 0 Å². The van der Waals surface area contributed by atoms with Gasteiger partial charge in [0.15, 0.2) is 11.6 Å². The maximum Gasteiger partial charge on any atom is 0.234 e. The molecule has 24 heavy (non-hydrogen) atoms. The number of rotatable bonds is 3. The number of phenols is 1. The van der Waals surface area contributed by atoms with Crippen molar-refractivity contribution in [3.8, 4) is 5.75 Å². The number of nitrogens with zero attached hydrogens (tertiary/aromatic N) is 3. The summed E-state index contributed by atoms with van der Waals surface area (Å²) in [5.74, 6) is -0.837. The minimum Gasteiger partial charge on any atom is -0.505 e. The largest absolute Gasteiger partial charge is 0.505 e. The molecule has 0 unspecified atom stereocenters. The molecule has 4 rings (SSSR count). The highest BCUT2D eigenvalue weighted by Gasteiger charge is 2.33. The fourth-order valence-electron chi connectivity index (χ4n) is 2.63. The van der Waals surface area contributed by atoms with Crippen LogP contribution in [0.1, 0.15) is 40.5 Å². The Hall–Kier alpha value is -2.18. The van der Waals surface area contributed by atoms with Crippen molar-refractivity contribution >= 4 is 34.8 Å². The standard InChI is InChI=1S/C16H10Cl2FN3O2/c17-10-3-8(4-11(18)15(10)24)14(23)13-12(7-1-2-7)21-16-20-5-9(19)6-22(13)16/h3-7,24H,1-2H2. The van der Waals surface area contributed by atoms with E-state index in [4.69, 9.17) is 23.2 Å². The van der Waals surface area contributed by atoms with Gasteiger partial charge in [0.05, 0.1) is 28.1 Å². The predicted molar refractivity (Wildman–Crippen MR) is 86.5 cm³/mol. The number of fused-ring (bicyclic) bond motifs is 1. The molecule has 1 aliphatic carbocycles. The molecule has 1 saturated carbocycles. The second-order valence-electron chi connectivity index (χ2n) is 5.68. The summed E-state index contributed by atoms with van der Waals surface area (Å²) in [6, 6.07) is 2.65. The summed E-state index contributed by atoms with van der Waals surface area (Å²) in [6.07, 6.45) is 4.08. The second kappa shape index (κ2) is 5.43. The highest BCUT2D eigenvalue weighted by atomic mass is 35.5. The van der Waals surface area contributed by atoms with E-state index in [0.717, 1.165) is 19.0 Å². The van der Waals surface area contributed by atoms with Crippen molar-refractivity contribution in [2.75, 3.05) is 0 Å². The van der Waals surface area contributed by atoms with Crippen LogP contribution in [0.15, 0.2) is 24.5 Å². The maximum absolute atomic E-state index is 13.6. The number of hydrogen-bond acceptors (Lipinski definition) is 4. The van der Waals surface area contributed by atoms with Crippen molar-refractivity contribution in [3.63, 3.8) is 0 Å². The van der Waals surface area contributed by atoms with Crippen molar-refractivity contribution in [1.29, 1.82) is 0 Å². The third kappa shape index (κ3) is 2.42. The average Bonchev–Trinajstić information content (AvgIpc) is 3.32. The quantitative estimate of drug-likeness (QED) is 0.712. The van der Waals surface area contributed by atoms with Crippen LogP contribution in [0, 0.1) is 5.82 Å². The van der Waals surface area contributed by atoms with E-state index in [1.165, 1.54) is 22.7 Å². The summed E-state index contributed by atoms with van der Waals surface area (Å²) in [5, 5.41) is 9.59. The summed E-state index contributed by atoms with van der Waals surface area (Å²) in [7, 11) is 0. The molecular formula is C16H10Cl2FN3O2. The van der Waals surface area contributed by atoms with Gasteiger partial charge >= 0.3 is 0 Å². The van der Waals surface area contributed by atoms with E-state index >= 15 is 0 Å². The van der Waals surface area contributed by atoms with Gasteiger partial charge in [-0.3, -0.25) is 9.20 Å². The normalized spacial score (nSPS) is 14.3. The van der Waals surface area contributed by atoms with Crippen molar-refractivity contribution in [3.05, 3.63) is 57.3 Å². The van der Waals surface area contributed by atoms with Crippen LogP contribution in [0.4, 0.5) is 4.39 Å². The highest BCUT2D eigenvalue weighted by Crippen LogP contribution is 2.42. The van der Waals surface area contributed by atoms with E-state index in [1.54, 1.807) is 0 Å². The molecule has 1 fully saturated rings. The van der Waals surface area contributed by atoms with Crippen LogP contribution in [-0.4, -0.2) is 25.3 Å². The lowest BCUT2D eigenvalue weighted by Crippen LogP contribution is -2.09. The van der Waals surface area contributed by atoms with Gasteiger partial charge in [-0.15, -0.1) is 0 Å². The molecule has 1 aromatic carbocycles. The zero-order chi connectivity index (χ0) is 17.0. The molecule has 1 N–H and O–H groups in total. The Labute approximate surface area is 145 Å². The molecule has 0 amide bonds. The van der Waals surface area contributed by atoms with Gasteiger partial charge in [0.2, 0.25) is 11.6 Å². The van der Waals surface area contributed by atoms with E-state index in [9.17, 15) is 14.3 Å². The minimum absolute atomic E-state index is 0.0306. The molecule has 0 bridgehead atoms. The van der Waals surface area contributed by atoms with Gasteiger partial charge in [-0.25, -0.2) is 14.4 Å². The van der Waals surface area contributed by atoms with Crippen LogP contribution >= 0.6 is 23.2 Å². The molecule has 0 radical (unpaired) electrons. The van der Waals surface area contributed by atoms with Crippen LogP contribution in [0.25, 0.3) is 5.78 Å². The van der Waals surface area contributed by atoms with Gasteiger partial charge in [0, 0.05) is 11.5 Å². The average molecular weight is 366 g/mol. The zero-order valence-corrected chi connectivity index (χ0v) is 13.6. The number of hydrogen-bond donors (Lipinski definition) is 1. The lowest BCUT2D eigenvalue weighted by atomic mass is 10.0. The lowest BCUT2D eigenvalue weighted by Gasteiger charge is -2.07. The van der Waals surface area contributed by atoms with E-state index in [-0.39, 0.29) is 38.7 Å². The van der Waals surface area contributed by atoms with Gasteiger partial charge in [-0.2, -0.15) is 0 Å². The van der Waals surface area contributed by atoms with E-state index in [1.807, 2.05) is 0 Å². The number of carbonyl (C=O) groups excluding carboxylic acids is 1. The predicted octanol–water partition coefficient (Wildman–Crippen LogP) is 3.99. The van der Waals surface area contributed by atoms with Crippen molar-refractivity contribution in [2.24, 2.45) is 0 Å². The van der Waals surface area contributed by atoms with Gasteiger partial charge < -0.3 is 5.11 Å². The number of ketones is 1. The number of aromatic hydroxyl groups is 1. The van der Waals surface area contributed by atoms with Gasteiger partial charge in [-0.05, 0) is 25.0 Å². The summed E-state index contributed by atoms with van der Waals surface area (Å²) in [5.41, 5.74) is 1.03. The third-order valence-corrected chi connectivity index (χ3v) is 4.51. The van der Waals surface area contributed by atoms with Gasteiger partial charge in [0.1, 0.15) is 5.69 Å². The molecule has 2 aromatic heterocycles. The number of imidazole rings is 1. The molecule has 0 spiro atoms. The maximum atomic E-state index is 13.6. The number of halogens is 3. The molecule has 1 aliphatic rings. The Morgan fingerprint density at radius 1 is 1.29 bits per heavy atom. The van der Waals surface area contributed by atoms with Gasteiger partial charge in [-0.1, -0.05) is 23.2 Å². The van der Waals surface area contributed by atoms with Crippen LogP contribution in [-0.2, 0) is 0 Å². The smallest absolute Gasteiger partial charge is 0.234 e. The zero-order valence-electron chi connectivity index (χ0n) is 12.1. The number of aromatic nitrogens is 3. The fourth-order valence-corrected chi connectivity index (χ4v) is 3.11. The molecule has 0 saturated heterocycles. The summed E-state index contributed by atoms with van der Waals surface area (Å²) >= 11 is 11.8. The molecule has 8 heteroatoms. The topological polar surface area (TPSA) is 67.5 Å². The van der Waals surface area contributed by atoms with Gasteiger partial charge in [0.25, 0.3) is 0 Å². The number of carbonyl (C=O) groups is 1. The summed E-state index contributed by atoms with van der Waals surface area (Å²) < 4.78 is 14.9. The first-order chi connectivity index (χ1) is 11.5. The first kappa shape index (κ1) is 15.4. The molecule has 0 aliphatic heterocycles. The molecular weight excluding hydrogens is 356 g/mol. The first-order valence-corrected chi connectivity index (χ1v) is 7.97. The van der Waals surface area contributed by atoms with Crippen molar-refractivity contribution in [1.82, 2.24) is 14.4 Å². The Bertz CT molecular complexity index is 975. The summed E-state index contributed by atoms with van der Waals surface area (Å²) in [4.78, 5) is 21.3. The lowest BCUT2D eigenvalue weighted by molar-refractivity contribution is 0.103. The Morgan fingerprint density at radius 2 is 1.96 bits per heavy atom. The Morgan fingerprint density at radius 3 is 2.58 bits per heavy atom. The minimum atomic E-state index is -0.571. The van der Waals surface area contributed by atoms with E-state index in [0.29, 0.717) is 5.69 Å². The first-order valence-electron chi connectivity index (χ1n) is 7.22. The van der Waals surface area contributed by atoms with Crippen LogP contribution in [0.5, 0.6) is 5.75 Å². The second-order valence-corrected chi connectivity index (χ2v) is 6.49. The number of phenolic OH excluding ortho intramolecular Hbond substituents is 1. The fraction of sp³-hybridized carbons (Fsp3) is 0.188. The highest BCUT2D eigenvalue weighted by molar-refractivity contribution is 6.37. The molecule has 122 valence electrons. The monoisotopic (exact) mass is 365 g/mol. The molecule has 0 atom stereocenters. The Balaban J connectivity index is 1.93. The third-order valence-electron chi connectivity index (χ3n) is 3.93. The summed E-state index contributed by atoms with van der Waals surface area (Å²) in [6.45, 7) is 0. The number of benzene rings is 1. The van der Waals surface area contributed by atoms with E-state index in [2.05, 4.69) is 9.97 Å². The van der Waals surface area contributed by atoms with E-state index < -0.39 is 11.6 Å². The van der Waals surface area contributed by atoms with Crippen LogP contribution in [0.2, 0.25) is 10.0 Å². The molecule has 3 aromatic rings. The van der Waals surface area contributed by atoms with Crippen molar-refractivity contribution in [2.45, 2.75) is 18.8 Å². The Kier molecular flexibility index (Phi) is 3.47. The van der Waals surface area contributed by atoms with Crippen molar-refractivity contribution < 1.29 is 14.3 Å². The SMILES string of the molecule is O=C(c1cc(Cl)c(O)c(Cl)c1)c1c(C2CC2)nc2ncc(F)cn12.